The van der Waals surface area contributed by atoms with Gasteiger partial charge in [-0.1, -0.05) is 39.2 Å². The summed E-state index contributed by atoms with van der Waals surface area (Å²) in [6.45, 7) is 15.2. The second-order valence-electron chi connectivity index (χ2n) is 3.15. The predicted molar refractivity (Wildman–Crippen MR) is 73.3 cm³/mol. The molecule has 0 fully saturated rings. The van der Waals surface area contributed by atoms with Crippen molar-refractivity contribution in [3.8, 4) is 0 Å². The Morgan fingerprint density at radius 2 is 1.56 bits per heavy atom. The van der Waals surface area contributed by atoms with Crippen LogP contribution in [0.25, 0.3) is 0 Å². The highest BCUT2D eigenvalue weighted by Crippen LogP contribution is 2.10. The summed E-state index contributed by atoms with van der Waals surface area (Å²) < 4.78 is 0. The molecule has 0 amide bonds. The van der Waals surface area contributed by atoms with Crippen molar-refractivity contribution in [1.29, 1.82) is 0 Å². The van der Waals surface area contributed by atoms with Crippen molar-refractivity contribution in [1.82, 2.24) is 5.01 Å². The van der Waals surface area contributed by atoms with Gasteiger partial charge in [0.2, 0.25) is 0 Å². The molecule has 3 heteroatoms. The lowest BCUT2D eigenvalue weighted by molar-refractivity contribution is 0.298. The van der Waals surface area contributed by atoms with Crippen LogP contribution in [-0.2, 0) is 0 Å². The second kappa shape index (κ2) is 10.1. The van der Waals surface area contributed by atoms with Gasteiger partial charge in [-0.2, -0.15) is 0 Å². The third-order valence-electron chi connectivity index (χ3n) is 1.70. The van der Waals surface area contributed by atoms with Gasteiger partial charge in [0.1, 0.15) is 0 Å². The Kier molecular flexibility index (Phi) is 10.6. The van der Waals surface area contributed by atoms with E-state index in [1.165, 1.54) is 0 Å². The molecule has 0 aliphatic rings. The summed E-state index contributed by atoms with van der Waals surface area (Å²) in [5.41, 5.74) is 7.13. The standard InChI is InChI=1S/C11H19N3.C2H6/c1-5-7-10(12)11(8-6-2)14(13)9(3)4;1-2/h5-9H,1-2,12-13H2,3-4H3;1-2H3/b10-7+,11-8+;. The van der Waals surface area contributed by atoms with Crippen LogP contribution in [0.1, 0.15) is 27.7 Å². The predicted octanol–water partition coefficient (Wildman–Crippen LogP) is 2.70. The largest absolute Gasteiger partial charge is 0.397 e. The topological polar surface area (TPSA) is 55.3 Å². The first-order valence-electron chi connectivity index (χ1n) is 5.49. The minimum atomic E-state index is 0.179. The van der Waals surface area contributed by atoms with Crippen LogP contribution in [0.5, 0.6) is 0 Å². The van der Waals surface area contributed by atoms with E-state index in [1.807, 2.05) is 27.7 Å². The average Bonchev–Trinajstić information content (AvgIpc) is 2.27. The summed E-state index contributed by atoms with van der Waals surface area (Å²) in [5.74, 6) is 5.84. The lowest BCUT2D eigenvalue weighted by Crippen LogP contribution is -2.38. The van der Waals surface area contributed by atoms with Gasteiger partial charge >= 0.3 is 0 Å². The summed E-state index contributed by atoms with van der Waals surface area (Å²) in [7, 11) is 0. The van der Waals surface area contributed by atoms with Gasteiger partial charge in [-0.15, -0.1) is 0 Å². The zero-order chi connectivity index (χ0) is 13.1. The highest BCUT2D eigenvalue weighted by molar-refractivity contribution is 5.31. The van der Waals surface area contributed by atoms with E-state index >= 15 is 0 Å². The molecule has 16 heavy (non-hydrogen) atoms. The average molecular weight is 223 g/mol. The van der Waals surface area contributed by atoms with E-state index in [-0.39, 0.29) is 6.04 Å². The minimum Gasteiger partial charge on any atom is -0.397 e. The number of allylic oxidation sites excluding steroid dienone is 4. The van der Waals surface area contributed by atoms with Crippen LogP contribution in [0.3, 0.4) is 0 Å². The van der Waals surface area contributed by atoms with Crippen molar-refractivity contribution in [2.24, 2.45) is 11.6 Å². The molecule has 0 bridgehead atoms. The molecule has 92 valence electrons. The Hall–Kier alpha value is -1.48. The molecule has 0 atom stereocenters. The first kappa shape index (κ1) is 16.9. The van der Waals surface area contributed by atoms with Crippen LogP contribution in [0.2, 0.25) is 0 Å². The number of nitrogens with zero attached hydrogens (tertiary/aromatic N) is 1. The number of nitrogens with two attached hydrogens (primary N) is 2. The first-order chi connectivity index (χ1) is 7.54. The summed E-state index contributed by atoms with van der Waals surface area (Å²) in [6, 6.07) is 0.179. The first-order valence-corrected chi connectivity index (χ1v) is 5.49. The van der Waals surface area contributed by atoms with Gasteiger partial charge < -0.3 is 10.7 Å². The van der Waals surface area contributed by atoms with E-state index < -0.39 is 0 Å². The molecule has 0 unspecified atom stereocenters. The third-order valence-corrected chi connectivity index (χ3v) is 1.70. The SMILES string of the molecule is C=C/C=C(N)\C(=C/C=C)N(N)C(C)C.CC. The highest BCUT2D eigenvalue weighted by atomic mass is 15.4. The maximum atomic E-state index is 5.84. The fourth-order valence-electron chi connectivity index (χ4n) is 0.934. The normalized spacial score (nSPS) is 11.6. The van der Waals surface area contributed by atoms with Crippen LogP contribution in [-0.4, -0.2) is 11.1 Å². The molecular formula is C13H25N3. The number of hydrogen-bond donors (Lipinski definition) is 2. The third kappa shape index (κ3) is 6.09. The van der Waals surface area contributed by atoms with Crippen LogP contribution in [0, 0.1) is 0 Å². The Bertz CT molecular complexity index is 262. The second-order valence-corrected chi connectivity index (χ2v) is 3.15. The van der Waals surface area contributed by atoms with Crippen molar-refractivity contribution in [2.75, 3.05) is 0 Å². The Balaban J connectivity index is 0. The van der Waals surface area contributed by atoms with Gasteiger partial charge in [0.25, 0.3) is 0 Å². The van der Waals surface area contributed by atoms with E-state index in [1.54, 1.807) is 29.3 Å². The zero-order valence-corrected chi connectivity index (χ0v) is 10.9. The summed E-state index contributed by atoms with van der Waals surface area (Å²) in [4.78, 5) is 0. The van der Waals surface area contributed by atoms with Crippen LogP contribution in [0.15, 0.2) is 48.9 Å². The molecule has 4 N–H and O–H groups in total. The maximum Gasteiger partial charge on any atom is 0.0749 e. The molecule has 0 aromatic carbocycles. The van der Waals surface area contributed by atoms with Crippen molar-refractivity contribution in [3.05, 3.63) is 48.9 Å². The molecule has 0 aliphatic heterocycles. The fourth-order valence-corrected chi connectivity index (χ4v) is 0.934. The molecule has 0 aliphatic carbocycles. The number of hydrogen-bond acceptors (Lipinski definition) is 3. The molecule has 3 nitrogen and oxygen atoms in total. The number of rotatable bonds is 5. The molecule has 0 radical (unpaired) electrons. The van der Waals surface area contributed by atoms with E-state index in [9.17, 15) is 0 Å². The van der Waals surface area contributed by atoms with Gasteiger partial charge in [-0.25, -0.2) is 5.84 Å². The highest BCUT2D eigenvalue weighted by Gasteiger charge is 2.09. The molecule has 0 aromatic rings. The summed E-state index contributed by atoms with van der Waals surface area (Å²) in [5, 5.41) is 1.59. The number of hydrazine groups is 1. The molecule has 0 saturated carbocycles. The van der Waals surface area contributed by atoms with E-state index in [2.05, 4.69) is 13.2 Å². The fraction of sp³-hybridized carbons (Fsp3) is 0.385. The van der Waals surface area contributed by atoms with Gasteiger partial charge in [0.05, 0.1) is 11.4 Å². The quantitative estimate of drug-likeness (QED) is 0.428. The van der Waals surface area contributed by atoms with Gasteiger partial charge in [-0.3, -0.25) is 0 Å². The van der Waals surface area contributed by atoms with Crippen molar-refractivity contribution in [2.45, 2.75) is 33.7 Å². The Labute approximate surface area is 99.8 Å². The van der Waals surface area contributed by atoms with E-state index in [0.717, 1.165) is 5.70 Å². The lowest BCUT2D eigenvalue weighted by atomic mass is 10.2. The van der Waals surface area contributed by atoms with Gasteiger partial charge in [-0.05, 0) is 26.0 Å². The minimum absolute atomic E-state index is 0.179. The molecule has 0 saturated heterocycles. The lowest BCUT2D eigenvalue weighted by Gasteiger charge is -2.25. The monoisotopic (exact) mass is 223 g/mol. The smallest absolute Gasteiger partial charge is 0.0749 e. The van der Waals surface area contributed by atoms with Gasteiger partial charge in [0, 0.05) is 6.04 Å². The molecule has 0 aromatic heterocycles. The summed E-state index contributed by atoms with van der Waals surface area (Å²) >= 11 is 0. The molecule has 0 rings (SSSR count). The van der Waals surface area contributed by atoms with Crippen LogP contribution >= 0.6 is 0 Å². The molecule has 0 spiro atoms. The summed E-state index contributed by atoms with van der Waals surface area (Å²) in [6.07, 6.45) is 6.76. The molecule has 0 heterocycles. The van der Waals surface area contributed by atoms with Crippen molar-refractivity contribution >= 4 is 0 Å². The molecular weight excluding hydrogens is 198 g/mol. The van der Waals surface area contributed by atoms with E-state index in [0.29, 0.717) is 5.70 Å². The van der Waals surface area contributed by atoms with Gasteiger partial charge in [0.15, 0.2) is 0 Å². The van der Waals surface area contributed by atoms with Crippen LogP contribution < -0.4 is 11.6 Å². The Morgan fingerprint density at radius 1 is 1.12 bits per heavy atom. The maximum absolute atomic E-state index is 5.84. The van der Waals surface area contributed by atoms with Crippen molar-refractivity contribution in [3.63, 3.8) is 0 Å². The van der Waals surface area contributed by atoms with E-state index in [4.69, 9.17) is 11.6 Å². The van der Waals surface area contributed by atoms with Crippen molar-refractivity contribution < 1.29 is 0 Å². The zero-order valence-electron chi connectivity index (χ0n) is 10.9. The van der Waals surface area contributed by atoms with Crippen LogP contribution in [0.4, 0.5) is 0 Å². The Morgan fingerprint density at radius 3 is 1.88 bits per heavy atom.